The average molecular weight is 833 g/mol. The van der Waals surface area contributed by atoms with Gasteiger partial charge in [0.2, 0.25) is 0 Å². The first kappa shape index (κ1) is 57.1. The van der Waals surface area contributed by atoms with Crippen molar-refractivity contribution in [3.05, 3.63) is 12.2 Å². The smallest absolute Gasteiger partial charge is 0.306 e. The highest BCUT2D eigenvalue weighted by Gasteiger charge is 2.19. The molecule has 0 spiro atoms. The molecule has 0 heterocycles. The highest BCUT2D eigenvalue weighted by atomic mass is 16.6. The molecule has 0 fully saturated rings. The highest BCUT2D eigenvalue weighted by Crippen LogP contribution is 2.16. The Morgan fingerprint density at radius 3 is 0.847 bits per heavy atom. The van der Waals surface area contributed by atoms with Gasteiger partial charge in [-0.05, 0) is 44.9 Å². The topological polar surface area (TPSA) is 78.9 Å². The third kappa shape index (κ3) is 47.1. The summed E-state index contributed by atoms with van der Waals surface area (Å²) in [6.45, 7) is 6.65. The maximum absolute atomic E-state index is 12.8. The summed E-state index contributed by atoms with van der Waals surface area (Å²) < 4.78 is 16.8. The zero-order chi connectivity index (χ0) is 43.0. The molecule has 348 valence electrons. The molecule has 0 radical (unpaired) electrons. The lowest BCUT2D eigenvalue weighted by Gasteiger charge is -2.18. The van der Waals surface area contributed by atoms with Crippen molar-refractivity contribution in [2.24, 2.45) is 0 Å². The monoisotopic (exact) mass is 833 g/mol. The standard InChI is InChI=1S/C53H100O6/c1-4-7-10-13-16-19-22-24-25-26-27-28-30-31-34-37-40-43-46-52(55)58-49-50(48-57-51(54)45-42-39-36-33-21-18-15-12-9-6-3)59-53(56)47-44-41-38-35-32-29-23-20-17-14-11-8-5-2/h25-26,50H,4-24,27-49H2,1-3H3/b26-25-. The minimum absolute atomic E-state index is 0.0663. The second kappa shape index (κ2) is 48.8. The maximum Gasteiger partial charge on any atom is 0.306 e. The summed E-state index contributed by atoms with van der Waals surface area (Å²) >= 11 is 0. The van der Waals surface area contributed by atoms with Gasteiger partial charge in [-0.15, -0.1) is 0 Å². The van der Waals surface area contributed by atoms with Crippen LogP contribution in [0.5, 0.6) is 0 Å². The number of esters is 3. The Hall–Kier alpha value is -1.85. The van der Waals surface area contributed by atoms with E-state index in [4.69, 9.17) is 14.2 Å². The maximum atomic E-state index is 12.8. The van der Waals surface area contributed by atoms with Gasteiger partial charge in [0.05, 0.1) is 0 Å². The van der Waals surface area contributed by atoms with Crippen LogP contribution in [-0.2, 0) is 28.6 Å². The molecule has 0 rings (SSSR count). The van der Waals surface area contributed by atoms with Gasteiger partial charge in [0.15, 0.2) is 6.10 Å². The van der Waals surface area contributed by atoms with E-state index in [2.05, 4.69) is 32.9 Å². The number of unbranched alkanes of at least 4 members (excludes halogenated alkanes) is 35. The van der Waals surface area contributed by atoms with Gasteiger partial charge >= 0.3 is 17.9 Å². The largest absolute Gasteiger partial charge is 0.462 e. The lowest BCUT2D eigenvalue weighted by Crippen LogP contribution is -2.30. The Morgan fingerprint density at radius 1 is 0.322 bits per heavy atom. The van der Waals surface area contributed by atoms with E-state index in [1.807, 2.05) is 0 Å². The summed E-state index contributed by atoms with van der Waals surface area (Å²) in [5, 5.41) is 0. The molecule has 1 atom stereocenters. The molecule has 0 aromatic rings. The average Bonchev–Trinajstić information content (AvgIpc) is 3.23. The predicted octanol–water partition coefficient (Wildman–Crippen LogP) is 17.0. The Labute approximate surface area is 367 Å². The molecule has 0 saturated carbocycles. The summed E-state index contributed by atoms with van der Waals surface area (Å²) in [6, 6.07) is 0. The molecule has 59 heavy (non-hydrogen) atoms. The molecule has 0 aromatic heterocycles. The fraction of sp³-hybridized carbons (Fsp3) is 0.906. The van der Waals surface area contributed by atoms with Crippen LogP contribution < -0.4 is 0 Å². The summed E-state index contributed by atoms with van der Waals surface area (Å²) in [5.74, 6) is -0.856. The molecule has 0 amide bonds. The van der Waals surface area contributed by atoms with Gasteiger partial charge in [-0.25, -0.2) is 0 Å². The van der Waals surface area contributed by atoms with Crippen molar-refractivity contribution in [2.75, 3.05) is 13.2 Å². The Kier molecular flexibility index (Phi) is 47.3. The minimum atomic E-state index is -0.764. The number of carbonyl (C=O) groups is 3. The van der Waals surface area contributed by atoms with Crippen LogP contribution in [0.2, 0.25) is 0 Å². The first-order chi connectivity index (χ1) is 29.0. The van der Waals surface area contributed by atoms with E-state index in [1.165, 1.54) is 193 Å². The van der Waals surface area contributed by atoms with Crippen LogP contribution >= 0.6 is 0 Å². The van der Waals surface area contributed by atoms with Gasteiger partial charge in [0.25, 0.3) is 0 Å². The van der Waals surface area contributed by atoms with E-state index < -0.39 is 6.10 Å². The molecular formula is C53H100O6. The van der Waals surface area contributed by atoms with Crippen LogP contribution in [0.3, 0.4) is 0 Å². The summed E-state index contributed by atoms with van der Waals surface area (Å²) in [5.41, 5.74) is 0. The Bertz CT molecular complexity index is 916. The molecule has 0 aliphatic rings. The Morgan fingerprint density at radius 2 is 0.559 bits per heavy atom. The molecule has 6 nitrogen and oxygen atoms in total. The summed E-state index contributed by atoms with van der Waals surface area (Å²) in [4.78, 5) is 37.9. The zero-order valence-electron chi connectivity index (χ0n) is 39.8. The van der Waals surface area contributed by atoms with E-state index in [9.17, 15) is 14.4 Å². The molecular weight excluding hydrogens is 733 g/mol. The number of allylic oxidation sites excluding steroid dienone is 2. The summed E-state index contributed by atoms with van der Waals surface area (Å²) in [7, 11) is 0. The van der Waals surface area contributed by atoms with Crippen molar-refractivity contribution in [3.8, 4) is 0 Å². The fourth-order valence-electron chi connectivity index (χ4n) is 7.79. The number of carbonyl (C=O) groups excluding carboxylic acids is 3. The van der Waals surface area contributed by atoms with Crippen molar-refractivity contribution < 1.29 is 28.6 Å². The first-order valence-corrected chi connectivity index (χ1v) is 26.2. The van der Waals surface area contributed by atoms with Gasteiger partial charge in [-0.1, -0.05) is 238 Å². The minimum Gasteiger partial charge on any atom is -0.462 e. The quantitative estimate of drug-likeness (QED) is 0.0263. The van der Waals surface area contributed by atoms with E-state index in [0.29, 0.717) is 19.3 Å². The molecule has 0 aromatic carbocycles. The highest BCUT2D eigenvalue weighted by molar-refractivity contribution is 5.71. The molecule has 0 N–H and O–H groups in total. The van der Waals surface area contributed by atoms with Crippen molar-refractivity contribution >= 4 is 17.9 Å². The van der Waals surface area contributed by atoms with Gasteiger partial charge in [-0.2, -0.15) is 0 Å². The van der Waals surface area contributed by atoms with Crippen LogP contribution in [0, 0.1) is 0 Å². The van der Waals surface area contributed by atoms with Gasteiger partial charge in [0.1, 0.15) is 13.2 Å². The van der Waals surface area contributed by atoms with E-state index in [-0.39, 0.29) is 31.1 Å². The number of ether oxygens (including phenoxy) is 3. The van der Waals surface area contributed by atoms with Crippen LogP contribution in [-0.4, -0.2) is 37.2 Å². The van der Waals surface area contributed by atoms with Crippen LogP contribution in [0.25, 0.3) is 0 Å². The van der Waals surface area contributed by atoms with Crippen molar-refractivity contribution in [1.82, 2.24) is 0 Å². The zero-order valence-corrected chi connectivity index (χ0v) is 39.8. The van der Waals surface area contributed by atoms with Gasteiger partial charge in [0, 0.05) is 19.3 Å². The van der Waals surface area contributed by atoms with E-state index in [0.717, 1.165) is 57.8 Å². The molecule has 0 aliphatic carbocycles. The second-order valence-electron chi connectivity index (χ2n) is 17.8. The number of hydrogen-bond donors (Lipinski definition) is 0. The second-order valence-corrected chi connectivity index (χ2v) is 17.8. The lowest BCUT2D eigenvalue weighted by molar-refractivity contribution is -0.167. The number of rotatable bonds is 48. The Balaban J connectivity index is 4.28. The van der Waals surface area contributed by atoms with Crippen LogP contribution in [0.1, 0.15) is 290 Å². The molecule has 0 aliphatic heterocycles. The van der Waals surface area contributed by atoms with Crippen LogP contribution in [0.4, 0.5) is 0 Å². The first-order valence-electron chi connectivity index (χ1n) is 26.2. The normalized spacial score (nSPS) is 12.0. The van der Waals surface area contributed by atoms with E-state index in [1.54, 1.807) is 0 Å². The third-order valence-corrected chi connectivity index (χ3v) is 11.8. The third-order valence-electron chi connectivity index (χ3n) is 11.8. The van der Waals surface area contributed by atoms with E-state index >= 15 is 0 Å². The lowest BCUT2D eigenvalue weighted by atomic mass is 10.0. The van der Waals surface area contributed by atoms with Gasteiger partial charge in [-0.3, -0.25) is 14.4 Å². The molecule has 1 unspecified atom stereocenters. The molecule has 0 bridgehead atoms. The van der Waals surface area contributed by atoms with Crippen LogP contribution in [0.15, 0.2) is 12.2 Å². The fourth-order valence-corrected chi connectivity index (χ4v) is 7.79. The predicted molar refractivity (Wildman–Crippen MR) is 252 cm³/mol. The number of hydrogen-bond acceptors (Lipinski definition) is 6. The molecule has 0 saturated heterocycles. The van der Waals surface area contributed by atoms with Gasteiger partial charge < -0.3 is 14.2 Å². The SMILES string of the molecule is CCCCCCCCC/C=C\CCCCCCCCCC(=O)OCC(COC(=O)CCCCCCCCCCCC)OC(=O)CCCCCCCCCCCCCCC. The van der Waals surface area contributed by atoms with Crippen molar-refractivity contribution in [3.63, 3.8) is 0 Å². The van der Waals surface area contributed by atoms with Crippen molar-refractivity contribution in [1.29, 1.82) is 0 Å². The van der Waals surface area contributed by atoms with Crippen molar-refractivity contribution in [2.45, 2.75) is 297 Å². The summed E-state index contributed by atoms with van der Waals surface area (Å²) in [6.07, 6.45) is 53.4. The molecule has 6 heteroatoms.